The first-order valence-corrected chi connectivity index (χ1v) is 10.2. The summed E-state index contributed by atoms with van der Waals surface area (Å²) in [5.41, 5.74) is 5.21. The van der Waals surface area contributed by atoms with E-state index in [9.17, 15) is 19.8 Å². The van der Waals surface area contributed by atoms with Crippen LogP contribution >= 0.6 is 0 Å². The molecule has 0 aromatic carbocycles. The second-order valence-corrected chi connectivity index (χ2v) is 7.19. The molecule has 0 spiro atoms. The van der Waals surface area contributed by atoms with Crippen molar-refractivity contribution in [2.75, 3.05) is 7.11 Å². The molecule has 0 saturated carbocycles. The van der Waals surface area contributed by atoms with Gasteiger partial charge in [0.1, 0.15) is 0 Å². The zero-order valence-electron chi connectivity index (χ0n) is 17.2. The second kappa shape index (κ2) is 15.8. The van der Waals surface area contributed by atoms with Crippen molar-refractivity contribution >= 4 is 11.9 Å². The number of aliphatic carboxylic acids is 1. The molecule has 0 fully saturated rings. The Balaban J connectivity index is 4.84. The van der Waals surface area contributed by atoms with E-state index in [1.165, 1.54) is 7.11 Å². The van der Waals surface area contributed by atoms with E-state index < -0.39 is 30.2 Å². The van der Waals surface area contributed by atoms with E-state index in [-0.39, 0.29) is 18.9 Å². The fraction of sp³-hybridized carbons (Fsp3) is 0.900. The Labute approximate surface area is 163 Å². The molecular formula is C20H39NO6. The van der Waals surface area contributed by atoms with Gasteiger partial charge in [-0.05, 0) is 12.8 Å². The second-order valence-electron chi connectivity index (χ2n) is 7.19. The summed E-state index contributed by atoms with van der Waals surface area (Å²) in [7, 11) is 1.43. The summed E-state index contributed by atoms with van der Waals surface area (Å²) in [5.74, 6) is -2.32. The lowest BCUT2D eigenvalue weighted by molar-refractivity contribution is -0.173. The van der Waals surface area contributed by atoms with Crippen LogP contribution in [0, 0.1) is 5.92 Å². The summed E-state index contributed by atoms with van der Waals surface area (Å²) < 4.78 is 11.0. The van der Waals surface area contributed by atoms with Gasteiger partial charge >= 0.3 is 5.97 Å². The Morgan fingerprint density at radius 2 is 1.59 bits per heavy atom. The lowest BCUT2D eigenvalue weighted by Crippen LogP contribution is -2.35. The quantitative estimate of drug-likeness (QED) is 0.245. The van der Waals surface area contributed by atoms with Crippen LogP contribution in [0.2, 0.25) is 0 Å². The number of hydrogen-bond donors (Lipinski definition) is 3. The SMILES string of the molecule is CCCCCC[C@H](C(=O)O)[C@@H](O)C[C@H](CCCCC)O[C@H](CC(N)=O)OC. The number of aliphatic hydroxyl groups excluding tert-OH is 1. The van der Waals surface area contributed by atoms with Crippen LogP contribution in [-0.2, 0) is 19.1 Å². The number of amides is 1. The van der Waals surface area contributed by atoms with Gasteiger partial charge in [0.05, 0.1) is 24.5 Å². The lowest BCUT2D eigenvalue weighted by atomic mass is 9.90. The molecule has 0 heterocycles. The van der Waals surface area contributed by atoms with Gasteiger partial charge in [-0.3, -0.25) is 9.59 Å². The first-order valence-electron chi connectivity index (χ1n) is 10.2. The largest absolute Gasteiger partial charge is 0.481 e. The van der Waals surface area contributed by atoms with E-state index in [1.54, 1.807) is 0 Å². The summed E-state index contributed by atoms with van der Waals surface area (Å²) in [6, 6.07) is 0. The number of unbranched alkanes of at least 4 members (excludes halogenated alkanes) is 5. The highest BCUT2D eigenvalue weighted by Gasteiger charge is 2.30. The molecular weight excluding hydrogens is 350 g/mol. The molecule has 0 aliphatic rings. The zero-order valence-corrected chi connectivity index (χ0v) is 17.2. The maximum atomic E-state index is 11.6. The number of carboxylic acid groups (broad SMARTS) is 1. The molecule has 0 bridgehead atoms. The summed E-state index contributed by atoms with van der Waals surface area (Å²) in [4.78, 5) is 22.7. The Bertz CT molecular complexity index is 404. The molecule has 160 valence electrons. The summed E-state index contributed by atoms with van der Waals surface area (Å²) in [6.45, 7) is 4.19. The number of rotatable bonds is 18. The predicted octanol–water partition coefficient (Wildman–Crippen LogP) is 3.22. The topological polar surface area (TPSA) is 119 Å². The van der Waals surface area contributed by atoms with Gasteiger partial charge in [-0.25, -0.2) is 0 Å². The first-order chi connectivity index (χ1) is 12.8. The number of methoxy groups -OCH3 is 1. The van der Waals surface area contributed by atoms with E-state index in [4.69, 9.17) is 15.2 Å². The van der Waals surface area contributed by atoms with Gasteiger partial charge in [0.25, 0.3) is 0 Å². The van der Waals surface area contributed by atoms with Crippen LogP contribution < -0.4 is 5.73 Å². The van der Waals surface area contributed by atoms with Gasteiger partial charge < -0.3 is 25.4 Å². The monoisotopic (exact) mass is 389 g/mol. The van der Waals surface area contributed by atoms with Gasteiger partial charge in [-0.2, -0.15) is 0 Å². The smallest absolute Gasteiger partial charge is 0.309 e. The number of carboxylic acids is 1. The molecule has 0 unspecified atom stereocenters. The molecule has 0 aromatic heterocycles. The van der Waals surface area contributed by atoms with E-state index >= 15 is 0 Å². The zero-order chi connectivity index (χ0) is 20.7. The van der Waals surface area contributed by atoms with Gasteiger partial charge in [0.15, 0.2) is 6.29 Å². The molecule has 0 aromatic rings. The third-order valence-corrected chi connectivity index (χ3v) is 4.76. The molecule has 4 N–H and O–H groups in total. The van der Waals surface area contributed by atoms with Gasteiger partial charge in [-0.1, -0.05) is 58.8 Å². The van der Waals surface area contributed by atoms with Gasteiger partial charge in [0.2, 0.25) is 5.91 Å². The average molecular weight is 390 g/mol. The predicted molar refractivity (Wildman–Crippen MR) is 104 cm³/mol. The fourth-order valence-electron chi connectivity index (χ4n) is 3.13. The van der Waals surface area contributed by atoms with Crippen LogP contribution in [0.25, 0.3) is 0 Å². The number of aliphatic hydroxyl groups is 1. The van der Waals surface area contributed by atoms with Gasteiger partial charge in [-0.15, -0.1) is 0 Å². The molecule has 0 radical (unpaired) electrons. The van der Waals surface area contributed by atoms with Crippen molar-refractivity contribution in [1.82, 2.24) is 0 Å². The summed E-state index contributed by atoms with van der Waals surface area (Å²) in [6.07, 6.45) is 5.93. The van der Waals surface area contributed by atoms with Crippen molar-refractivity contribution in [3.63, 3.8) is 0 Å². The molecule has 7 heteroatoms. The average Bonchev–Trinajstić information content (AvgIpc) is 2.60. The van der Waals surface area contributed by atoms with Crippen LogP contribution in [0.1, 0.15) is 84.5 Å². The van der Waals surface area contributed by atoms with Crippen molar-refractivity contribution in [2.45, 2.75) is 103 Å². The van der Waals surface area contributed by atoms with Crippen molar-refractivity contribution in [2.24, 2.45) is 11.7 Å². The third-order valence-electron chi connectivity index (χ3n) is 4.76. The molecule has 27 heavy (non-hydrogen) atoms. The molecule has 0 aliphatic heterocycles. The highest BCUT2D eigenvalue weighted by atomic mass is 16.7. The Hall–Kier alpha value is -1.18. The number of primary amides is 1. The van der Waals surface area contributed by atoms with Crippen LogP contribution in [0.15, 0.2) is 0 Å². The van der Waals surface area contributed by atoms with Crippen LogP contribution in [0.4, 0.5) is 0 Å². The molecule has 1 amide bonds. The number of nitrogens with two attached hydrogens (primary N) is 1. The Morgan fingerprint density at radius 1 is 1.00 bits per heavy atom. The van der Waals surface area contributed by atoms with Crippen LogP contribution in [0.5, 0.6) is 0 Å². The minimum Gasteiger partial charge on any atom is -0.481 e. The maximum Gasteiger partial charge on any atom is 0.309 e. The number of carbonyl (C=O) groups is 2. The molecule has 7 nitrogen and oxygen atoms in total. The van der Waals surface area contributed by atoms with Crippen molar-refractivity contribution < 1.29 is 29.3 Å². The minimum atomic E-state index is -0.998. The first kappa shape index (κ1) is 25.8. The van der Waals surface area contributed by atoms with E-state index in [0.29, 0.717) is 12.8 Å². The fourth-order valence-corrected chi connectivity index (χ4v) is 3.13. The normalized spacial score (nSPS) is 15.9. The van der Waals surface area contributed by atoms with Gasteiger partial charge in [0, 0.05) is 13.5 Å². The van der Waals surface area contributed by atoms with Crippen molar-refractivity contribution in [3.8, 4) is 0 Å². The van der Waals surface area contributed by atoms with E-state index in [0.717, 1.165) is 44.9 Å². The standard InChI is InChI=1S/C20H39NO6/c1-4-6-8-10-12-16(20(24)25)17(22)13-15(11-9-7-5-2)27-19(26-3)14-18(21)23/h15-17,19,22H,4-14H2,1-3H3,(H2,21,23)(H,24,25)/t15-,16-,17-,19+/m0/s1. The maximum absolute atomic E-state index is 11.6. The highest BCUT2D eigenvalue weighted by molar-refractivity contribution is 5.74. The molecule has 0 aliphatic carbocycles. The van der Waals surface area contributed by atoms with Crippen LogP contribution in [-0.4, -0.2) is 47.7 Å². The molecule has 0 saturated heterocycles. The third kappa shape index (κ3) is 12.8. The summed E-state index contributed by atoms with van der Waals surface area (Å²) in [5, 5.41) is 20.0. The van der Waals surface area contributed by atoms with E-state index in [2.05, 4.69) is 13.8 Å². The molecule has 4 atom stereocenters. The Morgan fingerprint density at radius 3 is 2.11 bits per heavy atom. The highest BCUT2D eigenvalue weighted by Crippen LogP contribution is 2.23. The summed E-state index contributed by atoms with van der Waals surface area (Å²) >= 11 is 0. The number of hydrogen-bond acceptors (Lipinski definition) is 5. The minimum absolute atomic E-state index is 0.0732. The molecule has 0 rings (SSSR count). The van der Waals surface area contributed by atoms with Crippen LogP contribution in [0.3, 0.4) is 0 Å². The number of carbonyl (C=O) groups excluding carboxylic acids is 1. The Kier molecular flexibility index (Phi) is 15.1. The van der Waals surface area contributed by atoms with E-state index in [1.807, 2.05) is 0 Å². The van der Waals surface area contributed by atoms with Crippen molar-refractivity contribution in [1.29, 1.82) is 0 Å². The van der Waals surface area contributed by atoms with Crippen molar-refractivity contribution in [3.05, 3.63) is 0 Å². The lowest BCUT2D eigenvalue weighted by Gasteiger charge is -2.27. The number of ether oxygens (including phenoxy) is 2.